The number of imidazole rings is 1. The van der Waals surface area contributed by atoms with E-state index in [2.05, 4.69) is 14.7 Å². The van der Waals surface area contributed by atoms with Gasteiger partial charge in [-0.3, -0.25) is 4.57 Å². The van der Waals surface area contributed by atoms with Crippen LogP contribution >= 0.6 is 0 Å². The van der Waals surface area contributed by atoms with Crippen LogP contribution in [0.15, 0.2) is 12.3 Å². The number of rotatable bonds is 8. The first kappa shape index (κ1) is 25.2. The van der Waals surface area contributed by atoms with Crippen molar-refractivity contribution in [2.45, 2.75) is 65.7 Å². The molecule has 2 aromatic heterocycles. The van der Waals surface area contributed by atoms with Crippen molar-refractivity contribution in [2.75, 3.05) is 0 Å². The topological polar surface area (TPSA) is 74.1 Å². The molecule has 0 saturated carbocycles. The Morgan fingerprint density at radius 2 is 1.83 bits per heavy atom. The van der Waals surface area contributed by atoms with Gasteiger partial charge >= 0.3 is 18.9 Å². The third-order valence-corrected chi connectivity index (χ3v) is 4.17. The van der Waals surface area contributed by atoms with Gasteiger partial charge < -0.3 is 4.74 Å². The minimum absolute atomic E-state index is 0.0656. The molecule has 2 rings (SSSR count). The number of pyridine rings is 1. The number of aryl methyl sites for hydroxylation is 3. The summed E-state index contributed by atoms with van der Waals surface area (Å²) in [4.78, 5) is 25.0. The predicted octanol–water partition coefficient (Wildman–Crippen LogP) is 4.60. The molecular weight excluding hydrogens is 413 g/mol. The molecule has 0 radical (unpaired) electrons. The highest BCUT2D eigenvalue weighted by Crippen LogP contribution is 2.29. The van der Waals surface area contributed by atoms with E-state index in [0.29, 0.717) is 24.2 Å². The summed E-state index contributed by atoms with van der Waals surface area (Å²) in [6.07, 6.45) is -2.40. The predicted molar refractivity (Wildman–Crippen MR) is 95.5 cm³/mol. The molecule has 0 aliphatic heterocycles. The maximum atomic E-state index is 12.9. The molecule has 0 aromatic carbocycles. The summed E-state index contributed by atoms with van der Waals surface area (Å²) in [5, 5.41) is 0. The van der Waals surface area contributed by atoms with Crippen LogP contribution in [0.5, 0.6) is 5.75 Å². The lowest BCUT2D eigenvalue weighted by molar-refractivity contribution is -0.191. The first-order valence-electron chi connectivity index (χ1n) is 9.15. The molecule has 166 valence electrons. The molecule has 0 aliphatic rings. The van der Waals surface area contributed by atoms with Gasteiger partial charge in [-0.25, -0.2) is 9.97 Å². The number of hydrogen-bond donors (Lipinski definition) is 0. The zero-order valence-electron chi connectivity index (χ0n) is 16.7. The van der Waals surface area contributed by atoms with Crippen LogP contribution in [0.25, 0.3) is 5.82 Å². The van der Waals surface area contributed by atoms with E-state index in [0.717, 1.165) is 11.4 Å². The second kappa shape index (κ2) is 11.4. The van der Waals surface area contributed by atoms with Gasteiger partial charge in [-0.15, -0.1) is 0 Å². The van der Waals surface area contributed by atoms with Crippen LogP contribution in [-0.2, 0) is 28.9 Å². The molecule has 0 atom stereocenters. The van der Waals surface area contributed by atoms with E-state index in [1.54, 1.807) is 4.57 Å². The molecule has 0 fully saturated rings. The normalized spacial score (nSPS) is 11.1. The fourth-order valence-electron chi connectivity index (χ4n) is 2.92. The molecule has 2 heterocycles. The van der Waals surface area contributed by atoms with E-state index in [9.17, 15) is 22.0 Å². The zero-order valence-corrected chi connectivity index (χ0v) is 16.7. The highest BCUT2D eigenvalue weighted by molar-refractivity contribution is 5.45. The summed E-state index contributed by atoms with van der Waals surface area (Å²) in [5.74, 6) is 0.643. The summed E-state index contributed by atoms with van der Waals surface area (Å²) in [6.45, 7) is 2.57. The number of nitrogens with zero attached hydrogens (tertiary/aromatic N) is 3. The molecular formula is C19H22F5N3O3. The number of halogens is 5. The summed E-state index contributed by atoms with van der Waals surface area (Å²) >= 11 is 0. The van der Waals surface area contributed by atoms with Gasteiger partial charge in [0.05, 0.1) is 5.69 Å². The highest BCUT2D eigenvalue weighted by Gasteiger charge is 2.26. The average Bonchev–Trinajstić information content (AvgIpc) is 2.97. The standard InChI is InChI=1S/C18H22F5N3O.CO2/c1-4-13-11(3)26(15(5-2)25-13)16-14(27-17(19)20)9-12(10-24-16)7-6-8-18(21,22)23;2-1-3/h9-10,17H,4-8H2,1-3H3;. The molecule has 0 amide bonds. The minimum Gasteiger partial charge on any atom is -0.431 e. The lowest BCUT2D eigenvalue weighted by atomic mass is 10.1. The third kappa shape index (κ3) is 7.22. The highest BCUT2D eigenvalue weighted by atomic mass is 19.4. The number of alkyl halides is 5. The Balaban J connectivity index is 0.00000141. The fourth-order valence-corrected chi connectivity index (χ4v) is 2.92. The summed E-state index contributed by atoms with van der Waals surface area (Å²) in [7, 11) is 0. The summed E-state index contributed by atoms with van der Waals surface area (Å²) in [6, 6.07) is 1.33. The van der Waals surface area contributed by atoms with Crippen LogP contribution in [0.3, 0.4) is 0 Å². The monoisotopic (exact) mass is 435 g/mol. The van der Waals surface area contributed by atoms with Crippen LogP contribution in [0.2, 0.25) is 0 Å². The van der Waals surface area contributed by atoms with Crippen molar-refractivity contribution in [1.82, 2.24) is 14.5 Å². The largest absolute Gasteiger partial charge is 0.431 e. The van der Waals surface area contributed by atoms with Gasteiger partial charge in [0.1, 0.15) is 5.82 Å². The Hall–Kier alpha value is -2.81. The van der Waals surface area contributed by atoms with Gasteiger partial charge in [0.25, 0.3) is 0 Å². The first-order valence-corrected chi connectivity index (χ1v) is 9.15. The Morgan fingerprint density at radius 1 is 1.20 bits per heavy atom. The molecule has 0 aliphatic carbocycles. The lowest BCUT2D eigenvalue weighted by Crippen LogP contribution is -2.11. The Kier molecular flexibility index (Phi) is 9.58. The van der Waals surface area contributed by atoms with Crippen molar-refractivity contribution in [1.29, 1.82) is 0 Å². The second-order valence-electron chi connectivity index (χ2n) is 6.20. The Labute approximate surface area is 170 Å². The second-order valence-corrected chi connectivity index (χ2v) is 6.20. The molecule has 0 N–H and O–H groups in total. The van der Waals surface area contributed by atoms with Crippen molar-refractivity contribution in [3.8, 4) is 11.6 Å². The SMILES string of the molecule is CCc1nc(CC)n(-c2ncc(CCCC(F)(F)F)cc2OC(F)F)c1C.O=C=O. The van der Waals surface area contributed by atoms with E-state index < -0.39 is 19.2 Å². The van der Waals surface area contributed by atoms with Gasteiger partial charge in [0, 0.05) is 24.7 Å². The minimum atomic E-state index is -4.25. The molecule has 2 aromatic rings. The van der Waals surface area contributed by atoms with E-state index >= 15 is 0 Å². The van der Waals surface area contributed by atoms with Crippen molar-refractivity contribution in [2.24, 2.45) is 0 Å². The van der Waals surface area contributed by atoms with Gasteiger partial charge in [0.2, 0.25) is 0 Å². The van der Waals surface area contributed by atoms with Crippen LogP contribution < -0.4 is 4.74 Å². The number of ether oxygens (including phenoxy) is 1. The zero-order chi connectivity index (χ0) is 22.9. The van der Waals surface area contributed by atoms with Gasteiger partial charge in [-0.05, 0) is 37.8 Å². The molecule has 0 spiro atoms. The van der Waals surface area contributed by atoms with Crippen molar-refractivity contribution in [3.05, 3.63) is 35.0 Å². The van der Waals surface area contributed by atoms with Gasteiger partial charge in [-0.2, -0.15) is 31.5 Å². The van der Waals surface area contributed by atoms with Crippen molar-refractivity contribution >= 4 is 6.15 Å². The molecule has 30 heavy (non-hydrogen) atoms. The number of carbonyl (C=O) groups excluding carboxylic acids is 2. The molecule has 6 nitrogen and oxygen atoms in total. The summed E-state index contributed by atoms with van der Waals surface area (Å²) < 4.78 is 69.0. The van der Waals surface area contributed by atoms with Gasteiger partial charge in [-0.1, -0.05) is 13.8 Å². The first-order chi connectivity index (χ1) is 14.1. The maximum absolute atomic E-state index is 12.9. The number of hydrogen-bond acceptors (Lipinski definition) is 5. The van der Waals surface area contributed by atoms with E-state index in [4.69, 9.17) is 9.59 Å². The Morgan fingerprint density at radius 3 is 2.33 bits per heavy atom. The molecule has 0 unspecified atom stereocenters. The van der Waals surface area contributed by atoms with Crippen LogP contribution in [0.4, 0.5) is 22.0 Å². The third-order valence-electron chi connectivity index (χ3n) is 4.17. The summed E-state index contributed by atoms with van der Waals surface area (Å²) in [5.41, 5.74) is 2.00. The van der Waals surface area contributed by atoms with Crippen molar-refractivity contribution in [3.63, 3.8) is 0 Å². The maximum Gasteiger partial charge on any atom is 0.389 e. The van der Waals surface area contributed by atoms with Crippen LogP contribution in [-0.4, -0.2) is 33.5 Å². The van der Waals surface area contributed by atoms with E-state index in [1.165, 1.54) is 12.3 Å². The fraction of sp³-hybridized carbons (Fsp3) is 0.526. The quantitative estimate of drug-likeness (QED) is 0.567. The lowest BCUT2D eigenvalue weighted by Gasteiger charge is -2.15. The molecule has 11 heteroatoms. The smallest absolute Gasteiger partial charge is 0.389 e. The van der Waals surface area contributed by atoms with Crippen LogP contribution in [0.1, 0.15) is 49.5 Å². The van der Waals surface area contributed by atoms with E-state index in [-0.39, 0.29) is 30.6 Å². The van der Waals surface area contributed by atoms with Crippen molar-refractivity contribution < 1.29 is 36.3 Å². The Bertz CT molecular complexity index is 860. The van der Waals surface area contributed by atoms with Crippen LogP contribution in [0, 0.1) is 6.92 Å². The average molecular weight is 435 g/mol. The molecule has 0 saturated heterocycles. The molecule has 0 bridgehead atoms. The van der Waals surface area contributed by atoms with E-state index in [1.807, 2.05) is 20.8 Å². The van der Waals surface area contributed by atoms with Gasteiger partial charge in [0.15, 0.2) is 11.6 Å². The number of aromatic nitrogens is 3.